The van der Waals surface area contributed by atoms with Crippen LogP contribution in [0.2, 0.25) is 0 Å². The van der Waals surface area contributed by atoms with Crippen LogP contribution in [0.15, 0.2) is 35.5 Å². The third-order valence-corrected chi connectivity index (χ3v) is 5.81. The van der Waals surface area contributed by atoms with Gasteiger partial charge in [0.1, 0.15) is 18.3 Å². The van der Waals surface area contributed by atoms with Gasteiger partial charge in [0.2, 0.25) is 0 Å². The Hall–Kier alpha value is -1.92. The molecular weight excluding hydrogens is 348 g/mol. The number of allylic oxidation sites excluding steroid dienone is 1. The third-order valence-electron chi connectivity index (χ3n) is 5.81. The van der Waals surface area contributed by atoms with Gasteiger partial charge in [-0.1, -0.05) is 19.6 Å². The molecule has 0 radical (unpaired) electrons. The summed E-state index contributed by atoms with van der Waals surface area (Å²) < 4.78 is 23.4. The largest absolute Gasteiger partial charge is 0.458 e. The quantitative estimate of drug-likeness (QED) is 0.428. The van der Waals surface area contributed by atoms with E-state index in [4.69, 9.17) is 18.9 Å². The normalized spacial score (nSPS) is 39.1. The fourth-order valence-electron chi connectivity index (χ4n) is 4.27. The predicted molar refractivity (Wildman–Crippen MR) is 98.6 cm³/mol. The van der Waals surface area contributed by atoms with Crippen molar-refractivity contribution in [2.45, 2.75) is 64.6 Å². The van der Waals surface area contributed by atoms with Crippen molar-refractivity contribution in [2.24, 2.45) is 11.8 Å². The van der Waals surface area contributed by atoms with Crippen molar-refractivity contribution >= 4 is 11.9 Å². The van der Waals surface area contributed by atoms with Crippen LogP contribution in [0.5, 0.6) is 0 Å². The summed E-state index contributed by atoms with van der Waals surface area (Å²) in [7, 11) is 1.61. The molecule has 0 amide bonds. The van der Waals surface area contributed by atoms with E-state index < -0.39 is 36.0 Å². The Morgan fingerprint density at radius 1 is 1.44 bits per heavy atom. The molecule has 0 saturated carbocycles. The van der Waals surface area contributed by atoms with Crippen LogP contribution in [-0.2, 0) is 28.5 Å². The smallest absolute Gasteiger partial charge is 0.334 e. The standard InChI is InChI=1S/C21H28O6/c1-7-12(3)19(22)25-15-8-11(2)9-21(24-6)10-13(4)17(27-21)18-16(15)14(5)20(23)26-18/h7,10-11,15-18H,5,8-9H2,1-4,6H3. The lowest BCUT2D eigenvalue weighted by Crippen LogP contribution is -2.41. The number of methoxy groups -OCH3 is 1. The number of carbonyl (C=O) groups excluding carboxylic acids is 2. The van der Waals surface area contributed by atoms with Gasteiger partial charge in [-0.3, -0.25) is 0 Å². The molecule has 0 N–H and O–H groups in total. The molecule has 27 heavy (non-hydrogen) atoms. The highest BCUT2D eigenvalue weighted by Gasteiger charge is 2.55. The molecular formula is C21H28O6. The highest BCUT2D eigenvalue weighted by Crippen LogP contribution is 2.46. The van der Waals surface area contributed by atoms with Crippen LogP contribution in [0, 0.1) is 11.8 Å². The summed E-state index contributed by atoms with van der Waals surface area (Å²) in [6.07, 6.45) is 3.30. The van der Waals surface area contributed by atoms with E-state index in [-0.39, 0.29) is 11.9 Å². The monoisotopic (exact) mass is 376 g/mol. The second kappa shape index (κ2) is 7.24. The number of hydrogen-bond acceptors (Lipinski definition) is 6. The molecule has 148 valence electrons. The van der Waals surface area contributed by atoms with E-state index in [1.54, 1.807) is 27.0 Å². The van der Waals surface area contributed by atoms with E-state index in [1.165, 1.54) is 0 Å². The fourth-order valence-corrected chi connectivity index (χ4v) is 4.27. The molecule has 0 spiro atoms. The van der Waals surface area contributed by atoms with Crippen LogP contribution >= 0.6 is 0 Å². The van der Waals surface area contributed by atoms with Crippen LogP contribution in [0.25, 0.3) is 0 Å². The number of ether oxygens (including phenoxy) is 4. The van der Waals surface area contributed by atoms with Gasteiger partial charge >= 0.3 is 11.9 Å². The van der Waals surface area contributed by atoms with Gasteiger partial charge in [0.15, 0.2) is 5.79 Å². The van der Waals surface area contributed by atoms with Crippen LogP contribution < -0.4 is 0 Å². The zero-order valence-corrected chi connectivity index (χ0v) is 16.6. The van der Waals surface area contributed by atoms with E-state index in [1.807, 2.05) is 13.0 Å². The molecule has 0 aromatic rings. The zero-order chi connectivity index (χ0) is 19.9. The highest BCUT2D eigenvalue weighted by molar-refractivity contribution is 5.91. The van der Waals surface area contributed by atoms with Gasteiger partial charge in [0.05, 0.1) is 5.92 Å². The van der Waals surface area contributed by atoms with Crippen molar-refractivity contribution in [3.05, 3.63) is 35.5 Å². The van der Waals surface area contributed by atoms with Gasteiger partial charge in [0, 0.05) is 24.7 Å². The maximum atomic E-state index is 12.4. The minimum Gasteiger partial charge on any atom is -0.458 e. The first-order valence-electron chi connectivity index (χ1n) is 9.37. The molecule has 6 heteroatoms. The van der Waals surface area contributed by atoms with Crippen molar-refractivity contribution in [3.63, 3.8) is 0 Å². The summed E-state index contributed by atoms with van der Waals surface area (Å²) in [6, 6.07) is 0. The Kier molecular flexibility index (Phi) is 5.32. The Balaban J connectivity index is 2.00. The van der Waals surface area contributed by atoms with E-state index in [2.05, 4.69) is 13.5 Å². The average Bonchev–Trinajstić information content (AvgIpc) is 3.11. The molecule has 2 fully saturated rings. The van der Waals surface area contributed by atoms with Crippen LogP contribution in [0.4, 0.5) is 0 Å². The summed E-state index contributed by atoms with van der Waals surface area (Å²) >= 11 is 0. The topological polar surface area (TPSA) is 71.1 Å². The summed E-state index contributed by atoms with van der Waals surface area (Å²) in [6.45, 7) is 11.4. The molecule has 6 unspecified atom stereocenters. The minimum absolute atomic E-state index is 0.124. The Labute approximate surface area is 160 Å². The predicted octanol–water partition coefficient (Wildman–Crippen LogP) is 3.08. The van der Waals surface area contributed by atoms with E-state index in [0.717, 1.165) is 5.57 Å². The SMILES string of the molecule is C=C1C(=O)OC2C3OC(OC)(C=C3C)CC(C)CC(OC(=O)C(C)=CC)C12. The molecule has 0 aromatic heterocycles. The van der Waals surface area contributed by atoms with Crippen molar-refractivity contribution in [3.8, 4) is 0 Å². The van der Waals surface area contributed by atoms with E-state index >= 15 is 0 Å². The van der Waals surface area contributed by atoms with E-state index in [0.29, 0.717) is 24.0 Å². The second-order valence-corrected chi connectivity index (χ2v) is 7.82. The van der Waals surface area contributed by atoms with Gasteiger partial charge in [-0.15, -0.1) is 0 Å². The molecule has 3 aliphatic rings. The Morgan fingerprint density at radius 2 is 2.15 bits per heavy atom. The highest BCUT2D eigenvalue weighted by atomic mass is 16.7. The maximum absolute atomic E-state index is 12.4. The van der Waals surface area contributed by atoms with Gasteiger partial charge in [-0.25, -0.2) is 9.59 Å². The minimum atomic E-state index is -0.854. The lowest BCUT2D eigenvalue weighted by atomic mass is 9.81. The number of rotatable bonds is 3. The number of esters is 2. The van der Waals surface area contributed by atoms with E-state index in [9.17, 15) is 9.59 Å². The first-order chi connectivity index (χ1) is 12.7. The summed E-state index contributed by atoms with van der Waals surface area (Å²) in [5.41, 5.74) is 1.80. The van der Waals surface area contributed by atoms with Gasteiger partial charge in [0.25, 0.3) is 0 Å². The lowest BCUT2D eigenvalue weighted by molar-refractivity contribution is -0.218. The lowest BCUT2D eigenvalue weighted by Gasteiger charge is -2.30. The number of carbonyl (C=O) groups is 2. The zero-order valence-electron chi connectivity index (χ0n) is 16.6. The summed E-state index contributed by atoms with van der Waals surface area (Å²) in [4.78, 5) is 24.7. The molecule has 2 bridgehead atoms. The van der Waals surface area contributed by atoms with Crippen molar-refractivity contribution in [2.75, 3.05) is 7.11 Å². The van der Waals surface area contributed by atoms with Crippen LogP contribution in [0.1, 0.15) is 40.5 Å². The first-order valence-corrected chi connectivity index (χ1v) is 9.37. The fraction of sp³-hybridized carbons (Fsp3) is 0.619. The summed E-state index contributed by atoms with van der Waals surface area (Å²) in [5.74, 6) is -2.04. The van der Waals surface area contributed by atoms with Crippen molar-refractivity contribution in [1.29, 1.82) is 0 Å². The Bertz CT molecular complexity index is 720. The van der Waals surface area contributed by atoms with Gasteiger partial charge < -0.3 is 18.9 Å². The maximum Gasteiger partial charge on any atom is 0.334 e. The molecule has 6 nitrogen and oxygen atoms in total. The number of fused-ring (bicyclic) bond motifs is 4. The van der Waals surface area contributed by atoms with Crippen molar-refractivity contribution < 1.29 is 28.5 Å². The van der Waals surface area contributed by atoms with Crippen LogP contribution in [-0.4, -0.2) is 43.1 Å². The van der Waals surface area contributed by atoms with Gasteiger partial charge in [-0.05, 0) is 44.8 Å². The van der Waals surface area contributed by atoms with Crippen LogP contribution in [0.3, 0.4) is 0 Å². The third kappa shape index (κ3) is 3.48. The molecule has 3 heterocycles. The first kappa shape index (κ1) is 19.8. The molecule has 0 aliphatic carbocycles. The Morgan fingerprint density at radius 3 is 2.78 bits per heavy atom. The van der Waals surface area contributed by atoms with Gasteiger partial charge in [-0.2, -0.15) is 0 Å². The molecule has 3 rings (SSSR count). The summed E-state index contributed by atoms with van der Waals surface area (Å²) in [5, 5.41) is 0. The van der Waals surface area contributed by atoms with Crippen molar-refractivity contribution in [1.82, 2.24) is 0 Å². The molecule has 2 saturated heterocycles. The molecule has 3 aliphatic heterocycles. The average molecular weight is 376 g/mol. The molecule has 0 aromatic carbocycles. The number of hydrogen-bond donors (Lipinski definition) is 0. The second-order valence-electron chi connectivity index (χ2n) is 7.82. The molecule has 6 atom stereocenters.